The first-order valence-electron chi connectivity index (χ1n) is 12.0. The molecule has 0 saturated heterocycles. The van der Waals surface area contributed by atoms with Gasteiger partial charge in [-0.25, -0.2) is 19.3 Å². The highest BCUT2D eigenvalue weighted by Crippen LogP contribution is 2.45. The number of imidazole rings is 1. The fraction of sp³-hybridized carbons (Fsp3) is 0.308. The molecule has 178 valence electrons. The second-order valence-corrected chi connectivity index (χ2v) is 9.94. The maximum atomic E-state index is 13.7. The van der Waals surface area contributed by atoms with Crippen molar-refractivity contribution < 1.29 is 4.39 Å². The lowest BCUT2D eigenvalue weighted by molar-refractivity contribution is 0.515. The molecule has 6 rings (SSSR count). The molecule has 35 heavy (non-hydrogen) atoms. The monoisotopic (exact) mass is 487 g/mol. The van der Waals surface area contributed by atoms with Crippen LogP contribution in [0.2, 0.25) is 0 Å². The van der Waals surface area contributed by atoms with E-state index in [0.29, 0.717) is 5.56 Å². The summed E-state index contributed by atoms with van der Waals surface area (Å²) in [5.41, 5.74) is 5.01. The maximum absolute atomic E-state index is 13.7. The second-order valence-electron chi connectivity index (χ2n) is 8.94. The Kier molecular flexibility index (Phi) is 5.56. The fourth-order valence-corrected chi connectivity index (χ4v) is 6.02. The van der Waals surface area contributed by atoms with Crippen molar-refractivity contribution in [1.82, 2.24) is 29.3 Å². The molecule has 5 aromatic rings. The Morgan fingerprint density at radius 3 is 2.91 bits per heavy atom. The number of rotatable bonds is 7. The number of anilines is 2. The average molecular weight is 488 g/mol. The zero-order valence-electron chi connectivity index (χ0n) is 19.8. The van der Waals surface area contributed by atoms with Gasteiger partial charge in [0, 0.05) is 47.7 Å². The minimum absolute atomic E-state index is 0.213. The molecule has 1 N–H and O–H groups in total. The number of nitrogens with zero attached hydrogens (tertiary/aromatic N) is 6. The Bertz CT molecular complexity index is 1530. The highest BCUT2D eigenvalue weighted by Gasteiger charge is 2.26. The highest BCUT2D eigenvalue weighted by molar-refractivity contribution is 7.22. The Morgan fingerprint density at radius 2 is 2.06 bits per heavy atom. The molecule has 0 spiro atoms. The van der Waals surface area contributed by atoms with Crippen LogP contribution in [-0.2, 0) is 32.4 Å². The lowest BCUT2D eigenvalue weighted by Crippen LogP contribution is -2.10. The summed E-state index contributed by atoms with van der Waals surface area (Å²) in [6.45, 7) is 5.59. The third-order valence-corrected chi connectivity index (χ3v) is 7.72. The summed E-state index contributed by atoms with van der Waals surface area (Å²) in [5.74, 6) is 1.68. The van der Waals surface area contributed by atoms with Gasteiger partial charge < -0.3 is 9.88 Å². The van der Waals surface area contributed by atoms with E-state index < -0.39 is 0 Å². The van der Waals surface area contributed by atoms with Crippen LogP contribution in [0.1, 0.15) is 36.0 Å². The molecule has 9 heteroatoms. The topological polar surface area (TPSA) is 73.5 Å². The van der Waals surface area contributed by atoms with Gasteiger partial charge in [0.2, 0.25) is 0 Å². The minimum atomic E-state index is -0.213. The van der Waals surface area contributed by atoms with Crippen LogP contribution in [0.25, 0.3) is 20.7 Å². The standard InChI is InChI=1S/C26H26FN7S/c1-3-4-22-28-9-10-33(22)11-12-34-14-19-21(32-34)8-6-18-23-25(29-15-30-26(23)35-24(18)19)31-17-5-7-20(27)16(2)13-17/h5,7,9-10,13-15H,3-4,6,8,11-12H2,1-2H3,(H,29,30,31). The number of hydrogen-bond donors (Lipinski definition) is 1. The van der Waals surface area contributed by atoms with Crippen LogP contribution < -0.4 is 5.32 Å². The van der Waals surface area contributed by atoms with Crippen molar-refractivity contribution in [1.29, 1.82) is 0 Å². The molecule has 0 bridgehead atoms. The largest absolute Gasteiger partial charge is 0.340 e. The van der Waals surface area contributed by atoms with Crippen molar-refractivity contribution in [3.63, 3.8) is 0 Å². The third kappa shape index (κ3) is 3.99. The summed E-state index contributed by atoms with van der Waals surface area (Å²) >= 11 is 1.69. The summed E-state index contributed by atoms with van der Waals surface area (Å²) in [6, 6.07) is 5.02. The molecule has 1 aliphatic carbocycles. The Morgan fingerprint density at radius 1 is 1.14 bits per heavy atom. The molecule has 7 nitrogen and oxygen atoms in total. The number of aryl methyl sites for hydroxylation is 6. The number of benzene rings is 1. The van der Waals surface area contributed by atoms with E-state index in [1.54, 1.807) is 36.7 Å². The quantitative estimate of drug-likeness (QED) is 0.319. The fourth-order valence-electron chi connectivity index (χ4n) is 4.80. The molecule has 1 aliphatic rings. The van der Waals surface area contributed by atoms with Crippen LogP contribution in [0, 0.1) is 12.7 Å². The van der Waals surface area contributed by atoms with E-state index >= 15 is 0 Å². The van der Waals surface area contributed by atoms with E-state index in [-0.39, 0.29) is 5.82 Å². The summed E-state index contributed by atoms with van der Waals surface area (Å²) in [5, 5.41) is 9.35. The van der Waals surface area contributed by atoms with Crippen LogP contribution >= 0.6 is 11.3 Å². The zero-order valence-corrected chi connectivity index (χ0v) is 20.6. The number of hydrogen-bond acceptors (Lipinski definition) is 6. The smallest absolute Gasteiger partial charge is 0.142 e. The predicted octanol–water partition coefficient (Wildman–Crippen LogP) is 5.69. The molecule has 0 atom stereocenters. The van der Waals surface area contributed by atoms with Crippen molar-refractivity contribution in [3.05, 3.63) is 71.6 Å². The van der Waals surface area contributed by atoms with Gasteiger partial charge in [0.05, 0.1) is 17.6 Å². The van der Waals surface area contributed by atoms with Crippen LogP contribution in [0.3, 0.4) is 0 Å². The number of thiophene rings is 1. The van der Waals surface area contributed by atoms with Crippen molar-refractivity contribution in [2.75, 3.05) is 5.32 Å². The zero-order chi connectivity index (χ0) is 23.9. The van der Waals surface area contributed by atoms with Crippen molar-refractivity contribution in [3.8, 4) is 10.4 Å². The lowest BCUT2D eigenvalue weighted by atomic mass is 9.95. The van der Waals surface area contributed by atoms with Gasteiger partial charge in [-0.2, -0.15) is 5.10 Å². The van der Waals surface area contributed by atoms with Gasteiger partial charge in [-0.05, 0) is 55.5 Å². The molecule has 0 fully saturated rings. The number of nitrogens with one attached hydrogen (secondary N) is 1. The first-order chi connectivity index (χ1) is 17.1. The molecule has 0 radical (unpaired) electrons. The second kappa shape index (κ2) is 8.88. The van der Waals surface area contributed by atoms with Gasteiger partial charge in [-0.1, -0.05) is 6.92 Å². The molecular formula is C26H26FN7S. The van der Waals surface area contributed by atoms with E-state index in [4.69, 9.17) is 5.10 Å². The SMILES string of the molecule is CCCc1nccn1CCn1cc2c(n1)CCc1c-2sc2ncnc(Nc3ccc(F)c(C)c3)c12. The molecule has 4 aromatic heterocycles. The van der Waals surface area contributed by atoms with E-state index in [9.17, 15) is 4.39 Å². The Labute approximate surface area is 206 Å². The first-order valence-corrected chi connectivity index (χ1v) is 12.8. The van der Waals surface area contributed by atoms with Gasteiger partial charge in [0.15, 0.2) is 0 Å². The van der Waals surface area contributed by atoms with Crippen LogP contribution in [0.15, 0.2) is 43.1 Å². The number of aromatic nitrogens is 6. The third-order valence-electron chi connectivity index (χ3n) is 6.55. The summed E-state index contributed by atoms with van der Waals surface area (Å²) in [6.07, 6.45) is 11.5. The molecular weight excluding hydrogens is 461 g/mol. The highest BCUT2D eigenvalue weighted by atomic mass is 32.1. The molecule has 0 saturated carbocycles. The Balaban J connectivity index is 1.31. The van der Waals surface area contributed by atoms with Gasteiger partial charge in [0.25, 0.3) is 0 Å². The van der Waals surface area contributed by atoms with Gasteiger partial charge in [-0.3, -0.25) is 4.68 Å². The van der Waals surface area contributed by atoms with Gasteiger partial charge in [-0.15, -0.1) is 11.3 Å². The molecule has 1 aromatic carbocycles. The van der Waals surface area contributed by atoms with Crippen molar-refractivity contribution in [2.45, 2.75) is 52.6 Å². The molecule has 0 amide bonds. The predicted molar refractivity (Wildman–Crippen MR) is 137 cm³/mol. The van der Waals surface area contributed by atoms with Crippen LogP contribution in [-0.4, -0.2) is 29.3 Å². The number of fused-ring (bicyclic) bond motifs is 5. The Hall–Kier alpha value is -3.59. The van der Waals surface area contributed by atoms with Crippen LogP contribution in [0.4, 0.5) is 15.9 Å². The minimum Gasteiger partial charge on any atom is -0.340 e. The van der Waals surface area contributed by atoms with E-state index in [1.165, 1.54) is 22.1 Å². The normalized spacial score (nSPS) is 12.7. The first kappa shape index (κ1) is 21.9. The van der Waals surface area contributed by atoms with E-state index in [2.05, 4.69) is 42.6 Å². The summed E-state index contributed by atoms with van der Waals surface area (Å²) in [4.78, 5) is 15.8. The van der Waals surface area contributed by atoms with E-state index in [0.717, 1.165) is 72.0 Å². The van der Waals surface area contributed by atoms with E-state index in [1.807, 2.05) is 12.4 Å². The maximum Gasteiger partial charge on any atom is 0.142 e. The number of halogens is 1. The van der Waals surface area contributed by atoms with Gasteiger partial charge in [0.1, 0.15) is 28.6 Å². The van der Waals surface area contributed by atoms with Crippen LogP contribution in [0.5, 0.6) is 0 Å². The molecule has 4 heterocycles. The molecule has 0 aliphatic heterocycles. The van der Waals surface area contributed by atoms with Gasteiger partial charge >= 0.3 is 0 Å². The summed E-state index contributed by atoms with van der Waals surface area (Å²) in [7, 11) is 0. The van der Waals surface area contributed by atoms with Crippen molar-refractivity contribution >= 4 is 33.1 Å². The van der Waals surface area contributed by atoms with Crippen molar-refractivity contribution in [2.24, 2.45) is 0 Å². The summed E-state index contributed by atoms with van der Waals surface area (Å²) < 4.78 is 18.0. The molecule has 0 unspecified atom stereocenters. The average Bonchev–Trinajstić information content (AvgIpc) is 3.56. The lowest BCUT2D eigenvalue weighted by Gasteiger charge is -2.12.